The molecule has 1 N–H and O–H groups in total. The van der Waals surface area contributed by atoms with Gasteiger partial charge in [-0.3, -0.25) is 0 Å². The van der Waals surface area contributed by atoms with E-state index in [4.69, 9.17) is 9.47 Å². The zero-order valence-corrected chi connectivity index (χ0v) is 17.9. The fourth-order valence-electron chi connectivity index (χ4n) is 4.19. The van der Waals surface area contributed by atoms with Crippen molar-refractivity contribution in [2.45, 2.75) is 12.6 Å². The number of hydrogen-bond acceptors (Lipinski definition) is 6. The number of hydrogen-bond donors (Lipinski definition) is 1. The molecule has 31 heavy (non-hydrogen) atoms. The molecule has 0 radical (unpaired) electrons. The van der Waals surface area contributed by atoms with Gasteiger partial charge in [-0.05, 0) is 46.8 Å². The van der Waals surface area contributed by atoms with E-state index in [2.05, 4.69) is 26.5 Å². The van der Waals surface area contributed by atoms with E-state index < -0.39 is 0 Å². The first-order chi connectivity index (χ1) is 15.2. The molecule has 1 fully saturated rings. The second-order valence-corrected chi connectivity index (χ2v) is 7.55. The van der Waals surface area contributed by atoms with Crippen LogP contribution in [0.1, 0.15) is 17.4 Å². The number of rotatable bonds is 8. The van der Waals surface area contributed by atoms with E-state index in [0.29, 0.717) is 13.2 Å². The lowest BCUT2D eigenvalue weighted by atomic mass is 10.0. The Balaban J connectivity index is 1.61. The molecule has 8 nitrogen and oxygen atoms in total. The van der Waals surface area contributed by atoms with Crippen LogP contribution in [-0.2, 0) is 11.3 Å². The minimum atomic E-state index is -0.216. The highest BCUT2D eigenvalue weighted by atomic mass is 19.1. The van der Waals surface area contributed by atoms with Crippen molar-refractivity contribution in [1.82, 2.24) is 20.2 Å². The predicted molar refractivity (Wildman–Crippen MR) is 114 cm³/mol. The molecule has 1 aromatic heterocycles. The lowest BCUT2D eigenvalue weighted by Gasteiger charge is -2.37. The van der Waals surface area contributed by atoms with Crippen molar-refractivity contribution in [3.63, 3.8) is 0 Å². The molecule has 0 bridgehead atoms. The van der Waals surface area contributed by atoms with Crippen molar-refractivity contribution < 1.29 is 18.8 Å². The highest BCUT2D eigenvalue weighted by Crippen LogP contribution is 2.27. The first kappa shape index (κ1) is 21.2. The van der Waals surface area contributed by atoms with Crippen LogP contribution >= 0.6 is 0 Å². The summed E-state index contributed by atoms with van der Waals surface area (Å²) in [4.78, 5) is 3.65. The van der Waals surface area contributed by atoms with Gasteiger partial charge in [0.15, 0.2) is 6.04 Å². The smallest absolute Gasteiger partial charge is 0.214 e. The minimum absolute atomic E-state index is 0.0710. The highest BCUT2D eigenvalue weighted by Gasteiger charge is 2.36. The summed E-state index contributed by atoms with van der Waals surface area (Å²) in [5, 5.41) is 12.5. The Bertz CT molecular complexity index is 972. The molecule has 1 atom stereocenters. The lowest BCUT2D eigenvalue weighted by molar-refractivity contribution is -0.927. The molecule has 2 heterocycles. The van der Waals surface area contributed by atoms with Gasteiger partial charge >= 0.3 is 0 Å². The molecular formula is C22H28FN6O2+. The fourth-order valence-corrected chi connectivity index (χ4v) is 4.19. The quantitative estimate of drug-likeness (QED) is 0.578. The van der Waals surface area contributed by atoms with Crippen LogP contribution in [0.4, 0.5) is 10.1 Å². The molecule has 0 amide bonds. The van der Waals surface area contributed by atoms with Gasteiger partial charge in [-0.1, -0.05) is 12.1 Å². The van der Waals surface area contributed by atoms with Gasteiger partial charge in [-0.15, -0.1) is 5.10 Å². The molecule has 3 aromatic rings. The number of quaternary nitrogens is 1. The predicted octanol–water partition coefficient (Wildman–Crippen LogP) is 0.962. The van der Waals surface area contributed by atoms with Crippen molar-refractivity contribution in [3.05, 3.63) is 65.7 Å². The molecule has 164 valence electrons. The SMILES string of the molecule is COCCn1nnnc1[C@@H](c1ccccc1OC)[NH+]1CCN(c2ccc(F)cc2)CC1. The van der Waals surface area contributed by atoms with E-state index in [9.17, 15) is 4.39 Å². The second-order valence-electron chi connectivity index (χ2n) is 7.55. The number of piperazine rings is 1. The molecule has 4 rings (SSSR count). The molecule has 0 spiro atoms. The first-order valence-corrected chi connectivity index (χ1v) is 10.4. The maximum atomic E-state index is 13.3. The third kappa shape index (κ3) is 4.67. The largest absolute Gasteiger partial charge is 0.496 e. The topological polar surface area (TPSA) is 69.7 Å². The van der Waals surface area contributed by atoms with Crippen LogP contribution < -0.4 is 14.5 Å². The molecule has 9 heteroatoms. The van der Waals surface area contributed by atoms with Crippen LogP contribution in [0.2, 0.25) is 0 Å². The number of ether oxygens (including phenoxy) is 2. The van der Waals surface area contributed by atoms with E-state index in [0.717, 1.165) is 49.0 Å². The Morgan fingerprint density at radius 2 is 1.81 bits per heavy atom. The van der Waals surface area contributed by atoms with Crippen LogP contribution in [-0.4, -0.2) is 67.2 Å². The zero-order chi connectivity index (χ0) is 21.6. The van der Waals surface area contributed by atoms with E-state index >= 15 is 0 Å². The van der Waals surface area contributed by atoms with Gasteiger partial charge in [0.25, 0.3) is 0 Å². The van der Waals surface area contributed by atoms with Gasteiger partial charge in [0.05, 0.1) is 52.0 Å². The van der Waals surface area contributed by atoms with Gasteiger partial charge in [-0.2, -0.15) is 0 Å². The summed E-state index contributed by atoms with van der Waals surface area (Å²) in [6, 6.07) is 14.7. The van der Waals surface area contributed by atoms with Crippen molar-refractivity contribution >= 4 is 5.69 Å². The van der Waals surface area contributed by atoms with Gasteiger partial charge in [0, 0.05) is 12.8 Å². The number of halogens is 1. The number of tetrazole rings is 1. The molecule has 1 saturated heterocycles. The fraction of sp³-hybridized carbons (Fsp3) is 0.409. The Morgan fingerprint density at radius 3 is 2.52 bits per heavy atom. The Morgan fingerprint density at radius 1 is 1.06 bits per heavy atom. The molecule has 2 aromatic carbocycles. The summed E-state index contributed by atoms with van der Waals surface area (Å²) in [5.74, 6) is 1.40. The number of methoxy groups -OCH3 is 2. The molecule has 0 aliphatic carbocycles. The number of para-hydroxylation sites is 1. The molecular weight excluding hydrogens is 399 g/mol. The Hall–Kier alpha value is -3.04. The lowest BCUT2D eigenvalue weighted by Crippen LogP contribution is -3.15. The van der Waals surface area contributed by atoms with E-state index in [1.807, 2.05) is 35.0 Å². The minimum Gasteiger partial charge on any atom is -0.496 e. The maximum Gasteiger partial charge on any atom is 0.214 e. The van der Waals surface area contributed by atoms with Crippen molar-refractivity contribution in [1.29, 1.82) is 0 Å². The maximum absolute atomic E-state index is 13.3. The van der Waals surface area contributed by atoms with Gasteiger partial charge in [-0.25, -0.2) is 9.07 Å². The summed E-state index contributed by atoms with van der Waals surface area (Å²) >= 11 is 0. The number of anilines is 1. The van der Waals surface area contributed by atoms with Crippen LogP contribution in [0.5, 0.6) is 5.75 Å². The van der Waals surface area contributed by atoms with Crippen molar-refractivity contribution in [2.24, 2.45) is 0 Å². The molecule has 0 unspecified atom stereocenters. The van der Waals surface area contributed by atoms with E-state index in [-0.39, 0.29) is 11.9 Å². The Labute approximate surface area is 181 Å². The summed E-state index contributed by atoms with van der Waals surface area (Å²) in [6.07, 6.45) is 0. The monoisotopic (exact) mass is 427 g/mol. The highest BCUT2D eigenvalue weighted by molar-refractivity contribution is 5.46. The number of aromatic nitrogens is 4. The summed E-state index contributed by atoms with van der Waals surface area (Å²) < 4.78 is 26.0. The average Bonchev–Trinajstić information content (AvgIpc) is 3.27. The van der Waals surface area contributed by atoms with Crippen molar-refractivity contribution in [3.8, 4) is 5.75 Å². The number of nitrogens with one attached hydrogen (secondary N) is 1. The van der Waals surface area contributed by atoms with Crippen LogP contribution in [0.3, 0.4) is 0 Å². The van der Waals surface area contributed by atoms with E-state index in [1.165, 1.54) is 17.0 Å². The summed E-state index contributed by atoms with van der Waals surface area (Å²) in [6.45, 7) is 4.59. The summed E-state index contributed by atoms with van der Waals surface area (Å²) in [7, 11) is 3.35. The van der Waals surface area contributed by atoms with Crippen LogP contribution in [0, 0.1) is 5.82 Å². The normalized spacial score (nSPS) is 15.8. The number of nitrogens with zero attached hydrogens (tertiary/aromatic N) is 5. The third-order valence-corrected chi connectivity index (χ3v) is 5.78. The van der Waals surface area contributed by atoms with Gasteiger partial charge < -0.3 is 19.3 Å². The van der Waals surface area contributed by atoms with Crippen molar-refractivity contribution in [2.75, 3.05) is 51.9 Å². The van der Waals surface area contributed by atoms with Gasteiger partial charge in [0.1, 0.15) is 11.6 Å². The second kappa shape index (κ2) is 9.84. The van der Waals surface area contributed by atoms with Gasteiger partial charge in [0.2, 0.25) is 5.82 Å². The third-order valence-electron chi connectivity index (χ3n) is 5.78. The number of benzene rings is 2. The Kier molecular flexibility index (Phi) is 6.73. The summed E-state index contributed by atoms with van der Waals surface area (Å²) in [5.41, 5.74) is 2.10. The first-order valence-electron chi connectivity index (χ1n) is 10.4. The average molecular weight is 428 g/mol. The van der Waals surface area contributed by atoms with E-state index in [1.54, 1.807) is 14.2 Å². The standard InChI is InChI=1S/C22H27FN6O2/c1-30-16-15-29-22(24-25-26-29)21(19-5-3-4-6-20(19)31-2)28-13-11-27(12-14-28)18-9-7-17(23)8-10-18/h3-10,21H,11-16H2,1-2H3/p+1/t21-/m1/s1. The zero-order valence-electron chi connectivity index (χ0n) is 17.9. The molecule has 0 saturated carbocycles. The van der Waals surface area contributed by atoms with Crippen LogP contribution in [0.25, 0.3) is 0 Å². The molecule has 1 aliphatic heterocycles. The molecule has 1 aliphatic rings. The van der Waals surface area contributed by atoms with Crippen LogP contribution in [0.15, 0.2) is 48.5 Å².